The summed E-state index contributed by atoms with van der Waals surface area (Å²) in [5.74, 6) is -0.668. The Balaban J connectivity index is 2.05. The third kappa shape index (κ3) is 2.34. The maximum absolute atomic E-state index is 13.5. The largest absolute Gasteiger partial charge is 0.289 e. The highest BCUT2D eigenvalue weighted by atomic mass is 79.9. The van der Waals surface area contributed by atoms with E-state index in [0.29, 0.717) is 15.6 Å². The Morgan fingerprint density at radius 2 is 1.80 bits per heavy atom. The predicted molar refractivity (Wildman–Crippen MR) is 79.3 cm³/mol. The lowest BCUT2D eigenvalue weighted by molar-refractivity contribution is 0.103. The minimum absolute atomic E-state index is 0.219. The number of aromatic nitrogens is 1. The summed E-state index contributed by atoms with van der Waals surface area (Å²) in [6, 6.07) is 13.4. The van der Waals surface area contributed by atoms with Gasteiger partial charge in [0.15, 0.2) is 5.78 Å². The number of hydrogen-bond acceptors (Lipinski definition) is 2. The number of halogens is 2. The smallest absolute Gasteiger partial charge is 0.193 e. The van der Waals surface area contributed by atoms with Crippen LogP contribution in [0.4, 0.5) is 4.39 Å². The first-order chi connectivity index (χ1) is 9.65. The first-order valence-electron chi connectivity index (χ1n) is 6.00. The van der Waals surface area contributed by atoms with Crippen molar-refractivity contribution in [1.82, 2.24) is 4.98 Å². The molecule has 0 N–H and O–H groups in total. The second kappa shape index (κ2) is 5.13. The monoisotopic (exact) mass is 329 g/mol. The summed E-state index contributed by atoms with van der Waals surface area (Å²) in [4.78, 5) is 16.6. The molecule has 4 heteroatoms. The molecule has 98 valence electrons. The van der Waals surface area contributed by atoms with Gasteiger partial charge in [0.2, 0.25) is 0 Å². The third-order valence-corrected chi connectivity index (χ3v) is 3.69. The van der Waals surface area contributed by atoms with E-state index in [0.717, 1.165) is 10.9 Å². The molecule has 0 amide bonds. The minimum Gasteiger partial charge on any atom is -0.289 e. The van der Waals surface area contributed by atoms with Crippen LogP contribution in [-0.4, -0.2) is 10.8 Å². The van der Waals surface area contributed by atoms with Gasteiger partial charge in [0, 0.05) is 22.7 Å². The Morgan fingerprint density at radius 3 is 2.60 bits per heavy atom. The molecule has 0 aliphatic rings. The van der Waals surface area contributed by atoms with Gasteiger partial charge in [0.25, 0.3) is 0 Å². The first-order valence-corrected chi connectivity index (χ1v) is 6.79. The Morgan fingerprint density at radius 1 is 1.05 bits per heavy atom. The van der Waals surface area contributed by atoms with E-state index in [1.165, 1.54) is 12.1 Å². The second-order valence-corrected chi connectivity index (χ2v) is 5.22. The van der Waals surface area contributed by atoms with Gasteiger partial charge in [-0.15, -0.1) is 0 Å². The maximum atomic E-state index is 13.5. The minimum atomic E-state index is -0.449. The Hall–Kier alpha value is -2.07. The van der Waals surface area contributed by atoms with Gasteiger partial charge >= 0.3 is 0 Å². The van der Waals surface area contributed by atoms with Gasteiger partial charge < -0.3 is 0 Å². The lowest BCUT2D eigenvalue weighted by atomic mass is 10.0. The van der Waals surface area contributed by atoms with E-state index < -0.39 is 5.82 Å². The molecule has 2 aromatic carbocycles. The molecule has 0 spiro atoms. The number of pyridine rings is 1. The van der Waals surface area contributed by atoms with Gasteiger partial charge in [-0.3, -0.25) is 9.78 Å². The normalized spacial score (nSPS) is 10.7. The van der Waals surface area contributed by atoms with Gasteiger partial charge in [-0.1, -0.05) is 18.2 Å². The molecule has 0 aliphatic carbocycles. The van der Waals surface area contributed by atoms with E-state index in [-0.39, 0.29) is 5.78 Å². The fourth-order valence-electron chi connectivity index (χ4n) is 2.01. The van der Waals surface area contributed by atoms with Crippen molar-refractivity contribution in [2.75, 3.05) is 0 Å². The summed E-state index contributed by atoms with van der Waals surface area (Å²) < 4.78 is 13.8. The molecule has 0 fully saturated rings. The van der Waals surface area contributed by atoms with Crippen LogP contribution in [0.25, 0.3) is 10.9 Å². The van der Waals surface area contributed by atoms with E-state index in [2.05, 4.69) is 20.9 Å². The zero-order chi connectivity index (χ0) is 14.1. The van der Waals surface area contributed by atoms with Crippen molar-refractivity contribution in [3.8, 4) is 0 Å². The van der Waals surface area contributed by atoms with E-state index in [1.54, 1.807) is 24.4 Å². The molecule has 0 aliphatic heterocycles. The van der Waals surface area contributed by atoms with E-state index >= 15 is 0 Å². The lowest BCUT2D eigenvalue weighted by Crippen LogP contribution is -2.02. The van der Waals surface area contributed by atoms with Crippen LogP contribution in [-0.2, 0) is 0 Å². The molecule has 0 unspecified atom stereocenters. The zero-order valence-electron chi connectivity index (χ0n) is 10.3. The van der Waals surface area contributed by atoms with Crippen LogP contribution in [0.15, 0.2) is 59.2 Å². The number of nitrogens with zero attached hydrogens (tertiary/aromatic N) is 1. The van der Waals surface area contributed by atoms with Crippen LogP contribution in [0, 0.1) is 5.82 Å². The quantitative estimate of drug-likeness (QED) is 0.653. The van der Waals surface area contributed by atoms with Crippen molar-refractivity contribution in [2.45, 2.75) is 0 Å². The molecule has 0 radical (unpaired) electrons. The van der Waals surface area contributed by atoms with Gasteiger partial charge in [-0.05, 0) is 46.3 Å². The number of hydrogen-bond donors (Lipinski definition) is 0. The number of carbonyl (C=O) groups is 1. The summed E-state index contributed by atoms with van der Waals surface area (Å²) in [7, 11) is 0. The number of rotatable bonds is 2. The van der Waals surface area contributed by atoms with Crippen LogP contribution in [0.1, 0.15) is 15.9 Å². The molecule has 20 heavy (non-hydrogen) atoms. The van der Waals surface area contributed by atoms with Crippen molar-refractivity contribution >= 4 is 32.6 Å². The van der Waals surface area contributed by atoms with Crippen LogP contribution in [0.3, 0.4) is 0 Å². The molecular formula is C16H9BrFNO. The van der Waals surface area contributed by atoms with Crippen LogP contribution >= 0.6 is 15.9 Å². The molecule has 0 atom stereocenters. The highest BCUT2D eigenvalue weighted by Gasteiger charge is 2.12. The van der Waals surface area contributed by atoms with Crippen molar-refractivity contribution in [3.05, 3.63) is 76.1 Å². The molecule has 0 bridgehead atoms. The number of fused-ring (bicyclic) bond motifs is 1. The predicted octanol–water partition coefficient (Wildman–Crippen LogP) is 4.37. The summed E-state index contributed by atoms with van der Waals surface area (Å²) >= 11 is 3.07. The van der Waals surface area contributed by atoms with Crippen molar-refractivity contribution in [3.63, 3.8) is 0 Å². The average molecular weight is 330 g/mol. The molecule has 3 rings (SSSR count). The van der Waals surface area contributed by atoms with Crippen molar-refractivity contribution in [1.29, 1.82) is 0 Å². The van der Waals surface area contributed by atoms with Gasteiger partial charge in [0.05, 0.1) is 9.99 Å². The number of carbonyl (C=O) groups excluding carboxylic acids is 1. The maximum Gasteiger partial charge on any atom is 0.193 e. The second-order valence-electron chi connectivity index (χ2n) is 4.37. The SMILES string of the molecule is O=C(c1ccc(Br)c(F)c1)c1ccc2cccnc2c1. The topological polar surface area (TPSA) is 30.0 Å². The zero-order valence-corrected chi connectivity index (χ0v) is 11.9. The Labute approximate surface area is 123 Å². The van der Waals surface area contributed by atoms with Crippen molar-refractivity contribution < 1.29 is 9.18 Å². The van der Waals surface area contributed by atoms with E-state index in [9.17, 15) is 9.18 Å². The average Bonchev–Trinajstić information content (AvgIpc) is 2.49. The van der Waals surface area contributed by atoms with Gasteiger partial charge in [-0.25, -0.2) is 4.39 Å². The molecule has 0 saturated carbocycles. The molecular weight excluding hydrogens is 321 g/mol. The Kier molecular flexibility index (Phi) is 3.32. The molecule has 3 aromatic rings. The standard InChI is InChI=1S/C16H9BrFNO/c17-13-6-5-11(8-14(13)18)16(20)12-4-3-10-2-1-7-19-15(10)9-12/h1-9H. The van der Waals surface area contributed by atoms with E-state index in [1.807, 2.05) is 18.2 Å². The number of benzene rings is 2. The summed E-state index contributed by atoms with van der Waals surface area (Å²) in [6.07, 6.45) is 1.68. The summed E-state index contributed by atoms with van der Waals surface area (Å²) in [6.45, 7) is 0. The van der Waals surface area contributed by atoms with Gasteiger partial charge in [0.1, 0.15) is 5.82 Å². The fraction of sp³-hybridized carbons (Fsp3) is 0. The first kappa shape index (κ1) is 12.9. The third-order valence-electron chi connectivity index (χ3n) is 3.05. The lowest BCUT2D eigenvalue weighted by Gasteiger charge is -2.04. The fourth-order valence-corrected chi connectivity index (χ4v) is 2.26. The summed E-state index contributed by atoms with van der Waals surface area (Å²) in [5.41, 5.74) is 1.56. The van der Waals surface area contributed by atoms with Crippen LogP contribution < -0.4 is 0 Å². The molecule has 1 heterocycles. The number of ketones is 1. The Bertz CT molecular complexity index is 816. The molecule has 1 aromatic heterocycles. The molecule has 2 nitrogen and oxygen atoms in total. The summed E-state index contributed by atoms with van der Waals surface area (Å²) in [5, 5.41) is 0.964. The van der Waals surface area contributed by atoms with Gasteiger partial charge in [-0.2, -0.15) is 0 Å². The van der Waals surface area contributed by atoms with Crippen LogP contribution in [0.2, 0.25) is 0 Å². The highest BCUT2D eigenvalue weighted by Crippen LogP contribution is 2.20. The van der Waals surface area contributed by atoms with Crippen LogP contribution in [0.5, 0.6) is 0 Å². The van der Waals surface area contributed by atoms with E-state index in [4.69, 9.17) is 0 Å². The van der Waals surface area contributed by atoms with Crippen molar-refractivity contribution in [2.24, 2.45) is 0 Å². The molecule has 0 saturated heterocycles. The highest BCUT2D eigenvalue weighted by molar-refractivity contribution is 9.10.